The van der Waals surface area contributed by atoms with Crippen LogP contribution in [0.4, 0.5) is 18.9 Å². The average Bonchev–Trinajstić information content (AvgIpc) is 2.67. The fraction of sp³-hybridized carbons (Fsp3) is 0.167. The average molecular weight is 287 g/mol. The van der Waals surface area contributed by atoms with E-state index in [0.29, 0.717) is 4.90 Å². The van der Waals surface area contributed by atoms with Crippen LogP contribution in [0.2, 0.25) is 0 Å². The van der Waals surface area contributed by atoms with Crippen LogP contribution in [0.3, 0.4) is 0 Å². The molecule has 1 aromatic rings. The molecule has 0 saturated heterocycles. The number of nitrogens with zero attached hydrogens (tertiary/aromatic N) is 1. The summed E-state index contributed by atoms with van der Waals surface area (Å²) in [6.07, 6.45) is -0.957. The van der Waals surface area contributed by atoms with Crippen LogP contribution >= 0.6 is 11.8 Å². The highest BCUT2D eigenvalue weighted by Gasteiger charge is 2.35. The second kappa shape index (κ2) is 4.73. The van der Waals surface area contributed by atoms with Crippen molar-refractivity contribution in [1.29, 1.82) is 0 Å². The van der Waals surface area contributed by atoms with Gasteiger partial charge in [-0.2, -0.15) is 13.2 Å². The second-order valence-electron chi connectivity index (χ2n) is 3.73. The number of carbonyl (C=O) groups is 2. The van der Waals surface area contributed by atoms with Crippen molar-refractivity contribution in [3.8, 4) is 0 Å². The van der Waals surface area contributed by atoms with E-state index < -0.39 is 23.6 Å². The highest BCUT2D eigenvalue weighted by molar-refractivity contribution is 7.98. The van der Waals surface area contributed by atoms with Gasteiger partial charge in [0.25, 0.3) is 11.8 Å². The number of halogens is 3. The summed E-state index contributed by atoms with van der Waals surface area (Å²) in [4.78, 5) is 23.6. The van der Waals surface area contributed by atoms with Crippen LogP contribution < -0.4 is 4.90 Å². The van der Waals surface area contributed by atoms with E-state index in [9.17, 15) is 22.8 Å². The number of hydrogen-bond acceptors (Lipinski definition) is 3. The maximum Gasteiger partial charge on any atom is 0.417 e. The SMILES string of the molecule is CSc1ccc(N2C(=O)C=CC2=O)cc1C(F)(F)F. The maximum atomic E-state index is 12.9. The van der Waals surface area contributed by atoms with Crippen molar-refractivity contribution < 1.29 is 22.8 Å². The molecule has 0 spiro atoms. The summed E-state index contributed by atoms with van der Waals surface area (Å²) in [5.74, 6) is -1.29. The molecule has 0 bridgehead atoms. The molecular weight excluding hydrogens is 279 g/mol. The van der Waals surface area contributed by atoms with Gasteiger partial charge in [0.15, 0.2) is 0 Å². The Morgan fingerprint density at radius 3 is 2.16 bits per heavy atom. The van der Waals surface area contributed by atoms with Crippen LogP contribution in [0, 0.1) is 0 Å². The van der Waals surface area contributed by atoms with Crippen LogP contribution in [0.15, 0.2) is 35.2 Å². The van der Waals surface area contributed by atoms with E-state index in [0.717, 1.165) is 30.0 Å². The van der Waals surface area contributed by atoms with Gasteiger partial charge in [-0.15, -0.1) is 11.8 Å². The third kappa shape index (κ3) is 2.51. The monoisotopic (exact) mass is 287 g/mol. The molecule has 1 aliphatic rings. The molecule has 0 aliphatic carbocycles. The molecule has 0 fully saturated rings. The zero-order chi connectivity index (χ0) is 14.2. The van der Waals surface area contributed by atoms with Crippen LogP contribution in [0.5, 0.6) is 0 Å². The Morgan fingerprint density at radius 1 is 1.11 bits per heavy atom. The molecule has 0 atom stereocenters. The van der Waals surface area contributed by atoms with E-state index >= 15 is 0 Å². The number of alkyl halides is 3. The molecule has 2 amide bonds. The Balaban J connectivity index is 2.50. The molecule has 1 heterocycles. The predicted molar refractivity (Wildman–Crippen MR) is 64.9 cm³/mol. The van der Waals surface area contributed by atoms with Gasteiger partial charge in [0, 0.05) is 17.0 Å². The number of benzene rings is 1. The number of anilines is 1. The molecule has 0 aromatic heterocycles. The van der Waals surface area contributed by atoms with Gasteiger partial charge in [-0.25, -0.2) is 4.90 Å². The van der Waals surface area contributed by atoms with Crippen LogP contribution in [0.1, 0.15) is 5.56 Å². The van der Waals surface area contributed by atoms with E-state index in [4.69, 9.17) is 0 Å². The van der Waals surface area contributed by atoms with Crippen molar-refractivity contribution in [3.63, 3.8) is 0 Å². The maximum absolute atomic E-state index is 12.9. The molecular formula is C12H8F3NO2S. The molecule has 19 heavy (non-hydrogen) atoms. The van der Waals surface area contributed by atoms with Crippen molar-refractivity contribution in [2.45, 2.75) is 11.1 Å². The predicted octanol–water partition coefficient (Wildman–Crippen LogP) is 2.86. The Kier molecular flexibility index (Phi) is 3.40. The summed E-state index contributed by atoms with van der Waals surface area (Å²) in [5, 5.41) is 0. The van der Waals surface area contributed by atoms with Crippen LogP contribution in [-0.4, -0.2) is 18.1 Å². The second-order valence-corrected chi connectivity index (χ2v) is 4.58. The first-order valence-electron chi connectivity index (χ1n) is 5.16. The third-order valence-corrected chi connectivity index (χ3v) is 3.35. The van der Waals surface area contributed by atoms with Gasteiger partial charge in [0.2, 0.25) is 0 Å². The van der Waals surface area contributed by atoms with E-state index in [1.807, 2.05) is 0 Å². The highest BCUT2D eigenvalue weighted by Crippen LogP contribution is 2.38. The molecule has 7 heteroatoms. The number of carbonyl (C=O) groups excluding carboxylic acids is 2. The fourth-order valence-electron chi connectivity index (χ4n) is 1.71. The molecule has 1 aliphatic heterocycles. The zero-order valence-electron chi connectivity index (χ0n) is 9.69. The number of imide groups is 1. The lowest BCUT2D eigenvalue weighted by Crippen LogP contribution is -2.29. The van der Waals surface area contributed by atoms with Crippen LogP contribution in [0.25, 0.3) is 0 Å². The number of amides is 2. The summed E-state index contributed by atoms with van der Waals surface area (Å²) in [5.41, 5.74) is -0.935. The van der Waals surface area contributed by atoms with Crippen molar-refractivity contribution >= 4 is 29.3 Å². The molecule has 0 N–H and O–H groups in total. The number of rotatable bonds is 2. The normalized spacial score (nSPS) is 15.5. The Morgan fingerprint density at radius 2 is 1.68 bits per heavy atom. The van der Waals surface area contributed by atoms with Crippen molar-refractivity contribution in [2.24, 2.45) is 0 Å². The fourth-order valence-corrected chi connectivity index (χ4v) is 2.31. The topological polar surface area (TPSA) is 37.4 Å². The molecule has 2 rings (SSSR count). The molecule has 0 radical (unpaired) electrons. The summed E-state index contributed by atoms with van der Waals surface area (Å²) in [6.45, 7) is 0. The summed E-state index contributed by atoms with van der Waals surface area (Å²) in [7, 11) is 0. The molecule has 3 nitrogen and oxygen atoms in total. The molecule has 0 unspecified atom stereocenters. The van der Waals surface area contributed by atoms with Gasteiger partial charge >= 0.3 is 6.18 Å². The first-order valence-corrected chi connectivity index (χ1v) is 6.38. The third-order valence-electron chi connectivity index (χ3n) is 2.56. The Bertz CT molecular complexity index is 563. The lowest BCUT2D eigenvalue weighted by molar-refractivity contribution is -0.139. The van der Waals surface area contributed by atoms with Gasteiger partial charge in [0.05, 0.1) is 11.3 Å². The molecule has 100 valence electrons. The quantitative estimate of drug-likeness (QED) is 0.620. The van der Waals surface area contributed by atoms with Crippen molar-refractivity contribution in [3.05, 3.63) is 35.9 Å². The van der Waals surface area contributed by atoms with Gasteiger partial charge in [-0.1, -0.05) is 0 Å². The van der Waals surface area contributed by atoms with E-state index in [1.54, 1.807) is 0 Å². The Labute approximate surface area is 111 Å². The molecule has 1 aromatic carbocycles. The summed E-state index contributed by atoms with van der Waals surface area (Å²) >= 11 is 0.951. The minimum atomic E-state index is -4.53. The van der Waals surface area contributed by atoms with E-state index in [1.165, 1.54) is 18.4 Å². The zero-order valence-corrected chi connectivity index (χ0v) is 10.5. The lowest BCUT2D eigenvalue weighted by atomic mass is 10.2. The van der Waals surface area contributed by atoms with Crippen molar-refractivity contribution in [1.82, 2.24) is 0 Å². The van der Waals surface area contributed by atoms with Gasteiger partial charge < -0.3 is 0 Å². The van der Waals surface area contributed by atoms with E-state index in [-0.39, 0.29) is 10.6 Å². The van der Waals surface area contributed by atoms with Gasteiger partial charge in [-0.05, 0) is 24.5 Å². The molecule has 0 saturated carbocycles. The summed E-state index contributed by atoms with van der Waals surface area (Å²) < 4.78 is 38.6. The van der Waals surface area contributed by atoms with Gasteiger partial charge in [-0.3, -0.25) is 9.59 Å². The standard InChI is InChI=1S/C12H8F3NO2S/c1-19-9-3-2-7(6-8(9)12(13,14)15)16-10(17)4-5-11(16)18/h2-6H,1H3. The highest BCUT2D eigenvalue weighted by atomic mass is 32.2. The first-order chi connectivity index (χ1) is 8.84. The largest absolute Gasteiger partial charge is 0.417 e. The van der Waals surface area contributed by atoms with Crippen molar-refractivity contribution in [2.75, 3.05) is 11.2 Å². The number of thioether (sulfide) groups is 1. The smallest absolute Gasteiger partial charge is 0.269 e. The lowest BCUT2D eigenvalue weighted by Gasteiger charge is -2.18. The first kappa shape index (κ1) is 13.7. The number of hydrogen-bond donors (Lipinski definition) is 0. The van der Waals surface area contributed by atoms with Crippen LogP contribution in [-0.2, 0) is 15.8 Å². The van der Waals surface area contributed by atoms with E-state index in [2.05, 4.69) is 0 Å². The summed E-state index contributed by atoms with van der Waals surface area (Å²) in [6, 6.07) is 3.39. The Hall–Kier alpha value is -1.76. The minimum absolute atomic E-state index is 0.0447. The van der Waals surface area contributed by atoms with Gasteiger partial charge in [0.1, 0.15) is 0 Å². The minimum Gasteiger partial charge on any atom is -0.269 e.